The van der Waals surface area contributed by atoms with Crippen molar-refractivity contribution in [1.82, 2.24) is 0 Å². The molecular weight excluding hydrogens is 703 g/mol. The maximum Gasteiger partial charge on any atom is 0.136 e. The van der Waals surface area contributed by atoms with E-state index in [2.05, 4.69) is 187 Å². The smallest absolute Gasteiger partial charge is 0.136 e. The van der Waals surface area contributed by atoms with E-state index < -0.39 is 0 Å². The first-order chi connectivity index (χ1) is 28.8. The van der Waals surface area contributed by atoms with Gasteiger partial charge < -0.3 is 9.32 Å². The zero-order valence-corrected chi connectivity index (χ0v) is 32.4. The molecule has 0 radical (unpaired) electrons. The highest BCUT2D eigenvalue weighted by Gasteiger charge is 2.23. The fourth-order valence-electron chi connectivity index (χ4n) is 9.67. The Kier molecular flexibility index (Phi) is 8.62. The van der Waals surface area contributed by atoms with Crippen LogP contribution in [0.4, 0.5) is 17.1 Å². The van der Waals surface area contributed by atoms with E-state index in [1.807, 2.05) is 12.1 Å². The number of hydrogen-bond acceptors (Lipinski definition) is 2. The highest BCUT2D eigenvalue weighted by Crippen LogP contribution is 2.46. The first kappa shape index (κ1) is 34.4. The lowest BCUT2D eigenvalue weighted by Gasteiger charge is -2.29. The van der Waals surface area contributed by atoms with Crippen LogP contribution in [-0.4, -0.2) is 0 Å². The fraction of sp³-hybridized carbons (Fsp3) is 0.107. The van der Waals surface area contributed by atoms with E-state index in [-0.39, 0.29) is 0 Å². The zero-order valence-electron chi connectivity index (χ0n) is 32.4. The van der Waals surface area contributed by atoms with Crippen LogP contribution in [0.3, 0.4) is 0 Å². The molecule has 278 valence electrons. The van der Waals surface area contributed by atoms with Gasteiger partial charge in [0.15, 0.2) is 0 Å². The topological polar surface area (TPSA) is 16.4 Å². The summed E-state index contributed by atoms with van der Waals surface area (Å²) in [5.74, 6) is 0.587. The predicted molar refractivity (Wildman–Crippen MR) is 246 cm³/mol. The van der Waals surface area contributed by atoms with Gasteiger partial charge in [0.2, 0.25) is 0 Å². The van der Waals surface area contributed by atoms with Crippen molar-refractivity contribution < 1.29 is 4.42 Å². The van der Waals surface area contributed by atoms with E-state index in [0.29, 0.717) is 5.92 Å². The Balaban J connectivity index is 1.09. The van der Waals surface area contributed by atoms with E-state index in [1.165, 1.54) is 81.5 Å². The summed E-state index contributed by atoms with van der Waals surface area (Å²) in [7, 11) is 0. The SMILES string of the molecule is c1cc(-c2ccc3c(c2)oc2ccccc23)cc(N(c2ccc(-c3cccc4ccccc34)cc2)c2ccccc2-c2cccc3cccc(C4CCCCC4)c23)c1. The third-order valence-corrected chi connectivity index (χ3v) is 12.5. The summed E-state index contributed by atoms with van der Waals surface area (Å²) in [6.07, 6.45) is 6.48. The lowest BCUT2D eigenvalue weighted by Crippen LogP contribution is -2.11. The molecule has 2 nitrogen and oxygen atoms in total. The summed E-state index contributed by atoms with van der Waals surface area (Å²) in [5.41, 5.74) is 13.9. The average Bonchev–Trinajstić information content (AvgIpc) is 3.67. The lowest BCUT2D eigenvalue weighted by molar-refractivity contribution is 0.445. The Labute approximate surface area is 339 Å². The summed E-state index contributed by atoms with van der Waals surface area (Å²) in [6, 6.07) is 71.1. The van der Waals surface area contributed by atoms with E-state index >= 15 is 0 Å². The molecule has 0 saturated heterocycles. The van der Waals surface area contributed by atoms with E-state index in [0.717, 1.165) is 50.1 Å². The normalized spacial score (nSPS) is 13.4. The van der Waals surface area contributed by atoms with Crippen LogP contribution in [0.5, 0.6) is 0 Å². The Hall–Kier alpha value is -6.90. The second-order valence-corrected chi connectivity index (χ2v) is 15.9. The van der Waals surface area contributed by atoms with Crippen molar-refractivity contribution >= 4 is 60.5 Å². The van der Waals surface area contributed by atoms with Crippen LogP contribution in [0.25, 0.3) is 76.9 Å². The molecule has 0 bridgehead atoms. The van der Waals surface area contributed by atoms with Gasteiger partial charge in [-0.25, -0.2) is 0 Å². The molecule has 1 fully saturated rings. The molecule has 1 saturated carbocycles. The fourth-order valence-corrected chi connectivity index (χ4v) is 9.67. The van der Waals surface area contributed by atoms with Gasteiger partial charge in [-0.1, -0.05) is 165 Å². The predicted octanol–water partition coefficient (Wildman–Crippen LogP) is 16.4. The molecule has 10 aromatic rings. The van der Waals surface area contributed by atoms with Gasteiger partial charge in [0.25, 0.3) is 0 Å². The largest absolute Gasteiger partial charge is 0.456 e. The molecule has 0 amide bonds. The number of furan rings is 1. The first-order valence-electron chi connectivity index (χ1n) is 20.8. The first-order valence-corrected chi connectivity index (χ1v) is 20.8. The van der Waals surface area contributed by atoms with Gasteiger partial charge in [0.05, 0.1) is 5.69 Å². The van der Waals surface area contributed by atoms with Crippen molar-refractivity contribution in [1.29, 1.82) is 0 Å². The van der Waals surface area contributed by atoms with E-state index in [4.69, 9.17) is 4.42 Å². The summed E-state index contributed by atoms with van der Waals surface area (Å²) < 4.78 is 6.35. The van der Waals surface area contributed by atoms with Gasteiger partial charge in [-0.15, -0.1) is 0 Å². The molecule has 1 aromatic heterocycles. The second-order valence-electron chi connectivity index (χ2n) is 15.9. The molecule has 9 aromatic carbocycles. The molecule has 11 rings (SSSR count). The van der Waals surface area contributed by atoms with Gasteiger partial charge in [0.1, 0.15) is 11.2 Å². The molecule has 0 atom stereocenters. The number of hydrogen-bond donors (Lipinski definition) is 0. The summed E-state index contributed by atoms with van der Waals surface area (Å²) in [6.45, 7) is 0. The van der Waals surface area contributed by atoms with Gasteiger partial charge in [-0.05, 0) is 122 Å². The molecule has 0 N–H and O–H groups in total. The minimum absolute atomic E-state index is 0.587. The number of fused-ring (bicyclic) bond motifs is 5. The average molecular weight is 746 g/mol. The highest BCUT2D eigenvalue weighted by molar-refractivity contribution is 6.06. The molecule has 1 aliphatic rings. The maximum absolute atomic E-state index is 6.35. The molecule has 1 heterocycles. The Morgan fingerprint density at radius 2 is 1.03 bits per heavy atom. The maximum atomic E-state index is 6.35. The van der Waals surface area contributed by atoms with E-state index in [9.17, 15) is 0 Å². The second kappa shape index (κ2) is 14.6. The van der Waals surface area contributed by atoms with Gasteiger partial charge >= 0.3 is 0 Å². The van der Waals surface area contributed by atoms with Crippen LogP contribution in [0.2, 0.25) is 0 Å². The minimum atomic E-state index is 0.587. The van der Waals surface area contributed by atoms with Crippen molar-refractivity contribution in [3.63, 3.8) is 0 Å². The zero-order chi connectivity index (χ0) is 38.4. The third kappa shape index (κ3) is 6.04. The van der Waals surface area contributed by atoms with Gasteiger partial charge in [-0.2, -0.15) is 0 Å². The quantitative estimate of drug-likeness (QED) is 0.162. The van der Waals surface area contributed by atoms with Crippen molar-refractivity contribution in [2.24, 2.45) is 0 Å². The number of para-hydroxylation sites is 2. The standard InChI is InChI=1S/C56H43NO/c1-2-14-39(15-3-1)48-26-12-18-41-19-13-27-52(56(41)48)49-23-6-8-28-53(49)57(44-33-30-40(31-34-44)47-25-11-17-38-16-4-5-22-46(38)47)45-21-10-20-42(36-45)43-32-35-51-50-24-7-9-29-54(50)58-55(51)37-43/h4-13,16-37,39H,1-3,14-15H2. The van der Waals surface area contributed by atoms with Crippen LogP contribution in [0.1, 0.15) is 43.6 Å². The third-order valence-electron chi connectivity index (χ3n) is 12.5. The molecule has 58 heavy (non-hydrogen) atoms. The molecule has 1 aliphatic carbocycles. The van der Waals surface area contributed by atoms with Crippen LogP contribution < -0.4 is 4.90 Å². The molecule has 2 heteroatoms. The van der Waals surface area contributed by atoms with Crippen LogP contribution in [-0.2, 0) is 0 Å². The van der Waals surface area contributed by atoms with E-state index in [1.54, 1.807) is 0 Å². The molecular formula is C56H43NO. The van der Waals surface area contributed by atoms with Crippen LogP contribution in [0.15, 0.2) is 199 Å². The molecule has 0 spiro atoms. The van der Waals surface area contributed by atoms with Crippen LogP contribution >= 0.6 is 0 Å². The van der Waals surface area contributed by atoms with Crippen molar-refractivity contribution in [2.45, 2.75) is 38.0 Å². The lowest BCUT2D eigenvalue weighted by atomic mass is 9.80. The number of rotatable bonds is 7. The van der Waals surface area contributed by atoms with Crippen molar-refractivity contribution in [3.8, 4) is 33.4 Å². The summed E-state index contributed by atoms with van der Waals surface area (Å²) in [4.78, 5) is 2.45. The summed E-state index contributed by atoms with van der Waals surface area (Å²) in [5, 5.41) is 7.50. The Morgan fingerprint density at radius 1 is 0.397 bits per heavy atom. The van der Waals surface area contributed by atoms with Crippen LogP contribution in [0, 0.1) is 0 Å². The Bertz CT molecular complexity index is 3100. The highest BCUT2D eigenvalue weighted by atomic mass is 16.3. The number of anilines is 3. The number of nitrogens with zero attached hydrogens (tertiary/aromatic N) is 1. The molecule has 0 aliphatic heterocycles. The minimum Gasteiger partial charge on any atom is -0.456 e. The van der Waals surface area contributed by atoms with Crippen molar-refractivity contribution in [2.75, 3.05) is 4.90 Å². The molecule has 0 unspecified atom stereocenters. The number of benzene rings is 9. The van der Waals surface area contributed by atoms with Gasteiger partial charge in [0, 0.05) is 27.7 Å². The Morgan fingerprint density at radius 3 is 1.91 bits per heavy atom. The summed E-state index contributed by atoms with van der Waals surface area (Å²) >= 11 is 0. The van der Waals surface area contributed by atoms with Gasteiger partial charge in [-0.3, -0.25) is 0 Å². The van der Waals surface area contributed by atoms with Crippen molar-refractivity contribution in [3.05, 3.63) is 200 Å². The monoisotopic (exact) mass is 745 g/mol.